The van der Waals surface area contributed by atoms with Crippen LogP contribution in [0.3, 0.4) is 0 Å². The van der Waals surface area contributed by atoms with Crippen LogP contribution in [0.5, 0.6) is 0 Å². The van der Waals surface area contributed by atoms with E-state index in [4.69, 9.17) is 5.73 Å². The van der Waals surface area contributed by atoms with Crippen molar-refractivity contribution in [3.8, 4) is 11.1 Å². The van der Waals surface area contributed by atoms with Gasteiger partial charge in [-0.25, -0.2) is 9.97 Å². The summed E-state index contributed by atoms with van der Waals surface area (Å²) in [6.45, 7) is 0. The zero-order valence-electron chi connectivity index (χ0n) is 9.17. The van der Waals surface area contributed by atoms with Gasteiger partial charge in [-0.2, -0.15) is 0 Å². The first-order valence-corrected chi connectivity index (χ1v) is 5.39. The fraction of sp³-hybridized carbons (Fsp3) is 0. The lowest BCUT2D eigenvalue weighted by molar-refractivity contribution is 1.22. The second-order valence-corrected chi connectivity index (χ2v) is 3.89. The van der Waals surface area contributed by atoms with Crippen molar-refractivity contribution in [3.05, 3.63) is 55.0 Å². The van der Waals surface area contributed by atoms with Gasteiger partial charge in [-0.1, -0.05) is 30.3 Å². The van der Waals surface area contributed by atoms with E-state index in [1.165, 1.54) is 0 Å². The lowest BCUT2D eigenvalue weighted by atomic mass is 10.0. The molecule has 3 nitrogen and oxygen atoms in total. The Morgan fingerprint density at radius 2 is 1.88 bits per heavy atom. The summed E-state index contributed by atoms with van der Waals surface area (Å²) in [6, 6.07) is 13.9. The van der Waals surface area contributed by atoms with Gasteiger partial charge in [0.15, 0.2) is 0 Å². The number of nitrogens with zero attached hydrogens (tertiary/aromatic N) is 2. The van der Waals surface area contributed by atoms with E-state index in [9.17, 15) is 0 Å². The summed E-state index contributed by atoms with van der Waals surface area (Å²) in [4.78, 5) is 8.36. The number of para-hydroxylation sites is 1. The van der Waals surface area contributed by atoms with Crippen LogP contribution in [0.4, 0.5) is 5.69 Å². The van der Waals surface area contributed by atoms with E-state index in [1.807, 2.05) is 48.7 Å². The molecule has 0 atom stereocenters. The van der Waals surface area contributed by atoms with Crippen LogP contribution in [0.15, 0.2) is 55.0 Å². The van der Waals surface area contributed by atoms with E-state index < -0.39 is 0 Å². The molecule has 0 spiro atoms. The number of fused-ring (bicyclic) bond motifs is 1. The van der Waals surface area contributed by atoms with Crippen molar-refractivity contribution in [2.24, 2.45) is 0 Å². The summed E-state index contributed by atoms with van der Waals surface area (Å²) >= 11 is 0. The topological polar surface area (TPSA) is 51.8 Å². The minimum absolute atomic E-state index is 0.758. The van der Waals surface area contributed by atoms with E-state index in [2.05, 4.69) is 9.97 Å². The van der Waals surface area contributed by atoms with Crippen LogP contribution in [-0.2, 0) is 0 Å². The number of aromatic nitrogens is 2. The van der Waals surface area contributed by atoms with Crippen molar-refractivity contribution in [2.75, 3.05) is 5.73 Å². The van der Waals surface area contributed by atoms with Crippen molar-refractivity contribution in [1.29, 1.82) is 0 Å². The molecule has 2 N–H and O–H groups in total. The Bertz CT molecular complexity index is 672. The molecular weight excluding hydrogens is 210 g/mol. The summed E-state index contributed by atoms with van der Waals surface area (Å²) in [7, 11) is 0. The molecule has 0 bridgehead atoms. The normalized spacial score (nSPS) is 10.6. The third-order valence-electron chi connectivity index (χ3n) is 2.73. The van der Waals surface area contributed by atoms with Gasteiger partial charge in [-0.15, -0.1) is 0 Å². The van der Waals surface area contributed by atoms with Crippen LogP contribution in [0.1, 0.15) is 0 Å². The Labute approximate surface area is 98.9 Å². The molecule has 3 heteroatoms. The molecule has 0 saturated heterocycles. The Kier molecular flexibility index (Phi) is 2.22. The second kappa shape index (κ2) is 3.87. The first kappa shape index (κ1) is 9.78. The zero-order chi connectivity index (χ0) is 11.7. The fourth-order valence-corrected chi connectivity index (χ4v) is 1.95. The molecule has 3 rings (SSSR count). The molecule has 0 aliphatic rings. The molecule has 0 unspecified atom stereocenters. The molecule has 0 aliphatic carbocycles. The molecule has 1 heterocycles. The number of hydrogen-bond acceptors (Lipinski definition) is 3. The summed E-state index contributed by atoms with van der Waals surface area (Å²) in [5.41, 5.74) is 9.68. The molecule has 3 aromatic rings. The lowest BCUT2D eigenvalue weighted by Crippen LogP contribution is -1.88. The summed E-state index contributed by atoms with van der Waals surface area (Å²) in [5, 5.41) is 1.03. The van der Waals surface area contributed by atoms with Crippen LogP contribution in [0, 0.1) is 0 Å². The van der Waals surface area contributed by atoms with Crippen LogP contribution < -0.4 is 5.73 Å². The average molecular weight is 221 g/mol. The highest BCUT2D eigenvalue weighted by molar-refractivity contribution is 5.93. The van der Waals surface area contributed by atoms with Gasteiger partial charge in [-0.05, 0) is 17.7 Å². The van der Waals surface area contributed by atoms with Crippen molar-refractivity contribution in [3.63, 3.8) is 0 Å². The van der Waals surface area contributed by atoms with E-state index in [1.54, 1.807) is 6.33 Å². The van der Waals surface area contributed by atoms with Gasteiger partial charge in [0.2, 0.25) is 0 Å². The molecule has 0 fully saturated rings. The number of rotatable bonds is 1. The van der Waals surface area contributed by atoms with Gasteiger partial charge in [0.1, 0.15) is 6.33 Å². The van der Waals surface area contributed by atoms with Crippen LogP contribution in [-0.4, -0.2) is 9.97 Å². The molecule has 0 saturated carbocycles. The van der Waals surface area contributed by atoms with Gasteiger partial charge in [-0.3, -0.25) is 0 Å². The van der Waals surface area contributed by atoms with E-state index in [0.29, 0.717) is 0 Å². The number of benzene rings is 2. The summed E-state index contributed by atoms with van der Waals surface area (Å²) < 4.78 is 0. The largest absolute Gasteiger partial charge is 0.399 e. The molecule has 2 aromatic carbocycles. The SMILES string of the molecule is Nc1cccc(-c2cccc3cncnc23)c1. The third-order valence-corrected chi connectivity index (χ3v) is 2.73. The number of hydrogen-bond donors (Lipinski definition) is 1. The standard InChI is InChI=1S/C14H11N3/c15-12-5-1-3-10(7-12)13-6-2-4-11-8-16-9-17-14(11)13/h1-9H,15H2. The molecule has 82 valence electrons. The zero-order valence-corrected chi connectivity index (χ0v) is 9.17. The Morgan fingerprint density at radius 1 is 1.00 bits per heavy atom. The number of nitrogens with two attached hydrogens (primary N) is 1. The Morgan fingerprint density at radius 3 is 2.76 bits per heavy atom. The van der Waals surface area contributed by atoms with Crippen molar-refractivity contribution in [2.45, 2.75) is 0 Å². The second-order valence-electron chi connectivity index (χ2n) is 3.89. The number of nitrogen functional groups attached to an aromatic ring is 1. The van der Waals surface area contributed by atoms with Crippen molar-refractivity contribution < 1.29 is 0 Å². The fourth-order valence-electron chi connectivity index (χ4n) is 1.95. The van der Waals surface area contributed by atoms with Gasteiger partial charge in [0.25, 0.3) is 0 Å². The third kappa shape index (κ3) is 1.72. The van der Waals surface area contributed by atoms with Crippen LogP contribution in [0.25, 0.3) is 22.0 Å². The highest BCUT2D eigenvalue weighted by Crippen LogP contribution is 2.27. The Balaban J connectivity index is 2.30. The van der Waals surface area contributed by atoms with E-state index >= 15 is 0 Å². The monoisotopic (exact) mass is 221 g/mol. The predicted molar refractivity (Wildman–Crippen MR) is 69.4 cm³/mol. The summed E-state index contributed by atoms with van der Waals surface area (Å²) in [6.07, 6.45) is 3.39. The Hall–Kier alpha value is -2.42. The lowest BCUT2D eigenvalue weighted by Gasteiger charge is -2.06. The maximum atomic E-state index is 5.81. The van der Waals surface area contributed by atoms with Crippen molar-refractivity contribution >= 4 is 16.6 Å². The quantitative estimate of drug-likeness (QED) is 0.643. The molecule has 17 heavy (non-hydrogen) atoms. The molecule has 0 aliphatic heterocycles. The van der Waals surface area contributed by atoms with Crippen LogP contribution >= 0.6 is 0 Å². The van der Waals surface area contributed by atoms with Gasteiger partial charge >= 0.3 is 0 Å². The highest BCUT2D eigenvalue weighted by atomic mass is 14.8. The molecule has 0 radical (unpaired) electrons. The van der Waals surface area contributed by atoms with Gasteiger partial charge < -0.3 is 5.73 Å². The smallest absolute Gasteiger partial charge is 0.116 e. The van der Waals surface area contributed by atoms with E-state index in [-0.39, 0.29) is 0 Å². The number of anilines is 1. The van der Waals surface area contributed by atoms with Gasteiger partial charge in [0.05, 0.1) is 5.52 Å². The first-order valence-electron chi connectivity index (χ1n) is 5.39. The highest BCUT2D eigenvalue weighted by Gasteiger charge is 2.04. The minimum Gasteiger partial charge on any atom is -0.399 e. The maximum absolute atomic E-state index is 5.81. The van der Waals surface area contributed by atoms with Crippen molar-refractivity contribution in [1.82, 2.24) is 9.97 Å². The van der Waals surface area contributed by atoms with Gasteiger partial charge in [0, 0.05) is 22.8 Å². The molecular formula is C14H11N3. The predicted octanol–water partition coefficient (Wildman–Crippen LogP) is 2.88. The van der Waals surface area contributed by atoms with E-state index in [0.717, 1.165) is 27.7 Å². The molecule has 1 aromatic heterocycles. The average Bonchev–Trinajstić information content (AvgIpc) is 2.38. The maximum Gasteiger partial charge on any atom is 0.116 e. The first-order chi connectivity index (χ1) is 8.34. The van der Waals surface area contributed by atoms with Crippen LogP contribution in [0.2, 0.25) is 0 Å². The summed E-state index contributed by atoms with van der Waals surface area (Å²) in [5.74, 6) is 0. The molecule has 0 amide bonds. The minimum atomic E-state index is 0.758.